The number of hydrogen-bond donors (Lipinski definition) is 1. The Balaban J connectivity index is 1.91. The zero-order valence-corrected chi connectivity index (χ0v) is 16.3. The van der Waals surface area contributed by atoms with Gasteiger partial charge in [-0.2, -0.15) is 5.10 Å². The number of allylic oxidation sites excluding steroid dienone is 1. The summed E-state index contributed by atoms with van der Waals surface area (Å²) in [6, 6.07) is 18.1. The van der Waals surface area contributed by atoms with E-state index in [2.05, 4.69) is 52.8 Å². The highest BCUT2D eigenvalue weighted by Gasteiger charge is 2.13. The molecule has 0 saturated carbocycles. The quantitative estimate of drug-likeness (QED) is 0.287. The van der Waals surface area contributed by atoms with Crippen molar-refractivity contribution in [1.82, 2.24) is 9.97 Å². The van der Waals surface area contributed by atoms with Gasteiger partial charge in [0.1, 0.15) is 5.71 Å². The lowest BCUT2D eigenvalue weighted by atomic mass is 9.99. The Labute approximate surface area is 164 Å². The predicted molar refractivity (Wildman–Crippen MR) is 115 cm³/mol. The van der Waals surface area contributed by atoms with Gasteiger partial charge in [0.05, 0.1) is 11.4 Å². The van der Waals surface area contributed by atoms with Gasteiger partial charge in [0, 0.05) is 27.9 Å². The van der Waals surface area contributed by atoms with Gasteiger partial charge in [-0.25, -0.2) is 0 Å². The first kappa shape index (κ1) is 18.9. The van der Waals surface area contributed by atoms with Gasteiger partial charge in [0.15, 0.2) is 0 Å². The maximum Gasteiger partial charge on any atom is 0.115 e. The smallest absolute Gasteiger partial charge is 0.115 e. The number of nitrogens with zero attached hydrogens (tertiary/aromatic N) is 3. The van der Waals surface area contributed by atoms with Crippen LogP contribution in [0.3, 0.4) is 0 Å². The van der Waals surface area contributed by atoms with Gasteiger partial charge in [0.2, 0.25) is 0 Å². The molecule has 0 fully saturated rings. The summed E-state index contributed by atoms with van der Waals surface area (Å²) in [5, 5.41) is 3.94. The van der Waals surface area contributed by atoms with Gasteiger partial charge in [0.25, 0.3) is 0 Å². The molecule has 2 heterocycles. The molecular formula is C22H22N4S. The van der Waals surface area contributed by atoms with Crippen LogP contribution >= 0.6 is 11.8 Å². The first-order chi connectivity index (χ1) is 13.1. The molecule has 0 aliphatic heterocycles. The van der Waals surface area contributed by atoms with Gasteiger partial charge in [-0.15, -0.1) is 11.8 Å². The maximum absolute atomic E-state index is 5.66. The van der Waals surface area contributed by atoms with Gasteiger partial charge in [-0.05, 0) is 54.6 Å². The van der Waals surface area contributed by atoms with E-state index in [1.54, 1.807) is 6.20 Å². The average molecular weight is 375 g/mol. The Bertz CT molecular complexity index is 978. The number of nitrogens with two attached hydrogens (primary N) is 1. The highest BCUT2D eigenvalue weighted by molar-refractivity contribution is 7.99. The van der Waals surface area contributed by atoms with Crippen LogP contribution in [0.5, 0.6) is 0 Å². The van der Waals surface area contributed by atoms with Crippen LogP contribution < -0.4 is 5.84 Å². The van der Waals surface area contributed by atoms with Crippen LogP contribution in [0.25, 0.3) is 16.8 Å². The first-order valence-electron chi connectivity index (χ1n) is 8.73. The van der Waals surface area contributed by atoms with Crippen molar-refractivity contribution in [1.29, 1.82) is 0 Å². The molecule has 4 nitrogen and oxygen atoms in total. The van der Waals surface area contributed by atoms with E-state index in [1.165, 1.54) is 4.90 Å². The lowest BCUT2D eigenvalue weighted by Gasteiger charge is -2.11. The summed E-state index contributed by atoms with van der Waals surface area (Å²) in [5.74, 6) is 6.71. The molecule has 0 aliphatic carbocycles. The Morgan fingerprint density at radius 1 is 1.15 bits per heavy atom. The van der Waals surface area contributed by atoms with E-state index in [0.717, 1.165) is 33.8 Å². The molecule has 3 rings (SSSR count). The van der Waals surface area contributed by atoms with Crippen LogP contribution in [0.4, 0.5) is 0 Å². The second kappa shape index (κ2) is 8.64. The molecule has 0 bridgehead atoms. The zero-order valence-electron chi connectivity index (χ0n) is 15.5. The zero-order chi connectivity index (χ0) is 19.2. The molecule has 5 heteroatoms. The number of hydrogen-bond acceptors (Lipinski definition) is 5. The van der Waals surface area contributed by atoms with E-state index in [9.17, 15) is 0 Å². The van der Waals surface area contributed by atoms with Crippen molar-refractivity contribution >= 4 is 23.0 Å². The largest absolute Gasteiger partial charge is 0.323 e. The first-order valence-corrected chi connectivity index (χ1v) is 9.71. The van der Waals surface area contributed by atoms with Crippen molar-refractivity contribution < 1.29 is 0 Å². The second-order valence-corrected chi connectivity index (χ2v) is 7.35. The van der Waals surface area contributed by atoms with Crippen molar-refractivity contribution in [2.24, 2.45) is 10.9 Å². The fraction of sp³-hybridized carbons (Fsp3) is 0.136. The van der Waals surface area contributed by atoms with Crippen molar-refractivity contribution in [2.75, 3.05) is 5.75 Å². The molecule has 3 aromatic rings. The van der Waals surface area contributed by atoms with Crippen LogP contribution in [0.2, 0.25) is 0 Å². The van der Waals surface area contributed by atoms with Crippen molar-refractivity contribution in [3.63, 3.8) is 0 Å². The summed E-state index contributed by atoms with van der Waals surface area (Å²) >= 11 is 1.82. The molecule has 0 amide bonds. The Hall–Kier alpha value is -2.92. The number of pyridine rings is 2. The van der Waals surface area contributed by atoms with Crippen LogP contribution in [0, 0.1) is 6.92 Å². The maximum atomic E-state index is 5.66. The monoisotopic (exact) mass is 374 g/mol. The third kappa shape index (κ3) is 4.44. The van der Waals surface area contributed by atoms with Gasteiger partial charge < -0.3 is 5.84 Å². The van der Waals surface area contributed by atoms with Gasteiger partial charge >= 0.3 is 0 Å². The fourth-order valence-electron chi connectivity index (χ4n) is 2.78. The van der Waals surface area contributed by atoms with E-state index in [4.69, 9.17) is 5.84 Å². The van der Waals surface area contributed by atoms with E-state index in [-0.39, 0.29) is 0 Å². The topological polar surface area (TPSA) is 64.2 Å². The predicted octanol–water partition coefficient (Wildman–Crippen LogP) is 4.94. The molecular weight excluding hydrogens is 352 g/mol. The number of aromatic nitrogens is 2. The average Bonchev–Trinajstić information content (AvgIpc) is 2.69. The van der Waals surface area contributed by atoms with Gasteiger partial charge in [-0.1, -0.05) is 31.7 Å². The molecule has 1 aromatic carbocycles. The van der Waals surface area contributed by atoms with E-state index >= 15 is 0 Å². The number of hydrazone groups is 1. The molecule has 2 N–H and O–H groups in total. The molecule has 27 heavy (non-hydrogen) atoms. The summed E-state index contributed by atoms with van der Waals surface area (Å²) in [5.41, 5.74) is 5.77. The highest BCUT2D eigenvalue weighted by Crippen LogP contribution is 2.26. The third-order valence-corrected chi connectivity index (χ3v) is 5.01. The fourth-order valence-corrected chi connectivity index (χ4v) is 3.44. The minimum atomic E-state index is 0.575. The van der Waals surface area contributed by atoms with Crippen LogP contribution in [-0.4, -0.2) is 21.4 Å². The summed E-state index contributed by atoms with van der Waals surface area (Å²) in [6.45, 7) is 8.28. The normalized spacial score (nSPS) is 11.4. The molecule has 136 valence electrons. The van der Waals surface area contributed by atoms with E-state index in [0.29, 0.717) is 11.4 Å². The minimum absolute atomic E-state index is 0.575. The van der Waals surface area contributed by atoms with Crippen molar-refractivity contribution in [3.05, 3.63) is 84.3 Å². The third-order valence-electron chi connectivity index (χ3n) is 4.12. The van der Waals surface area contributed by atoms with Crippen molar-refractivity contribution in [2.45, 2.75) is 18.7 Å². The lowest BCUT2D eigenvalue weighted by molar-refractivity contribution is 1.16. The molecule has 0 saturated heterocycles. The number of aryl methyl sites for hydroxylation is 1. The molecule has 2 aromatic heterocycles. The Morgan fingerprint density at radius 3 is 2.59 bits per heavy atom. The van der Waals surface area contributed by atoms with Crippen LogP contribution in [0.1, 0.15) is 23.9 Å². The summed E-state index contributed by atoms with van der Waals surface area (Å²) in [6.07, 6.45) is 1.78. The van der Waals surface area contributed by atoms with Gasteiger partial charge in [-0.3, -0.25) is 9.97 Å². The number of rotatable bonds is 6. The highest BCUT2D eigenvalue weighted by atomic mass is 32.2. The van der Waals surface area contributed by atoms with Crippen molar-refractivity contribution in [3.8, 4) is 11.3 Å². The van der Waals surface area contributed by atoms with E-state index < -0.39 is 0 Å². The van der Waals surface area contributed by atoms with E-state index in [1.807, 2.05) is 49.0 Å². The summed E-state index contributed by atoms with van der Waals surface area (Å²) < 4.78 is 0. The van der Waals surface area contributed by atoms with Crippen LogP contribution in [-0.2, 0) is 0 Å². The minimum Gasteiger partial charge on any atom is -0.323 e. The number of benzene rings is 1. The van der Waals surface area contributed by atoms with Crippen LogP contribution in [0.15, 0.2) is 77.4 Å². The summed E-state index contributed by atoms with van der Waals surface area (Å²) in [4.78, 5) is 10.3. The molecule has 0 unspecified atom stereocenters. The Kier molecular flexibility index (Phi) is 6.04. The molecule has 0 aliphatic rings. The summed E-state index contributed by atoms with van der Waals surface area (Å²) in [7, 11) is 0. The Morgan fingerprint density at radius 2 is 1.93 bits per heavy atom. The lowest BCUT2D eigenvalue weighted by Crippen LogP contribution is -2.09. The standard InChI is InChI=1S/C22H22N4S/c1-4-27-19-10-8-17(9-11-19)21-14-18(12-13-24-21)16(3)22(26-23)20-7-5-6-15(2)25-20/h5-14H,3-4,23H2,1-2H3/b26-22+. The molecule has 0 spiro atoms. The SMILES string of the molecule is C=C(/C(=N\N)c1cccc(C)n1)c1ccnc(-c2ccc(SCC)cc2)c1. The molecule has 0 radical (unpaired) electrons. The number of thioether (sulfide) groups is 1. The molecule has 0 atom stereocenters. The second-order valence-electron chi connectivity index (χ2n) is 6.01.